The second-order valence-electron chi connectivity index (χ2n) is 11.6. The number of pyridine rings is 1. The number of anilines is 3. The van der Waals surface area contributed by atoms with Crippen molar-refractivity contribution >= 4 is 29.2 Å². The smallest absolute Gasteiger partial charge is 0.353 e. The van der Waals surface area contributed by atoms with Gasteiger partial charge < -0.3 is 14.7 Å². The van der Waals surface area contributed by atoms with Crippen LogP contribution >= 0.6 is 11.6 Å². The van der Waals surface area contributed by atoms with Crippen molar-refractivity contribution < 1.29 is 17.6 Å². The summed E-state index contributed by atoms with van der Waals surface area (Å²) in [6, 6.07) is 8.73. The molecule has 1 aromatic carbocycles. The average Bonchev–Trinajstić information content (AvgIpc) is 3.06. The zero-order chi connectivity index (χ0) is 28.7. The third-order valence-electron chi connectivity index (χ3n) is 7.61. The standard InChI is InChI=1S/C29H33ClF4N6/c1-19-8-10-40(18-28(2,3)17-19)27-36-24(20-6-7-23(31)22(30)15-20)16-25(37-27)38-11-13-39(14-12-38)26-21(29(32,33)34)5-4-9-35-26/h4-7,9,15-16,19H,8,10-14,17-18H2,1-3H3. The van der Waals surface area contributed by atoms with Crippen LogP contribution in [0.4, 0.5) is 35.1 Å². The Morgan fingerprint density at radius 2 is 1.68 bits per heavy atom. The third kappa shape index (κ3) is 6.27. The van der Waals surface area contributed by atoms with Crippen molar-refractivity contribution in [1.29, 1.82) is 0 Å². The predicted octanol–water partition coefficient (Wildman–Crippen LogP) is 6.94. The van der Waals surface area contributed by atoms with E-state index in [1.807, 2.05) is 6.07 Å². The van der Waals surface area contributed by atoms with E-state index in [-0.39, 0.29) is 16.3 Å². The molecule has 0 radical (unpaired) electrons. The molecule has 4 heterocycles. The van der Waals surface area contributed by atoms with E-state index in [1.54, 1.807) is 17.0 Å². The Balaban J connectivity index is 1.46. The van der Waals surface area contributed by atoms with Crippen LogP contribution in [-0.2, 0) is 6.18 Å². The minimum absolute atomic E-state index is 0.00777. The van der Waals surface area contributed by atoms with Gasteiger partial charge in [0.15, 0.2) is 0 Å². The first-order chi connectivity index (χ1) is 18.9. The van der Waals surface area contributed by atoms with Gasteiger partial charge >= 0.3 is 6.18 Å². The van der Waals surface area contributed by atoms with Crippen LogP contribution in [0.15, 0.2) is 42.6 Å². The van der Waals surface area contributed by atoms with Gasteiger partial charge in [-0.25, -0.2) is 14.4 Å². The molecule has 2 aliphatic heterocycles. The fourth-order valence-electron chi connectivity index (χ4n) is 5.80. The van der Waals surface area contributed by atoms with E-state index in [0.717, 1.165) is 32.0 Å². The third-order valence-corrected chi connectivity index (χ3v) is 7.90. The van der Waals surface area contributed by atoms with E-state index < -0.39 is 17.6 Å². The van der Waals surface area contributed by atoms with E-state index in [2.05, 4.69) is 35.6 Å². The van der Waals surface area contributed by atoms with E-state index in [1.165, 1.54) is 18.3 Å². The van der Waals surface area contributed by atoms with Crippen molar-refractivity contribution in [3.63, 3.8) is 0 Å². The van der Waals surface area contributed by atoms with Crippen LogP contribution in [0.25, 0.3) is 11.3 Å². The molecule has 214 valence electrons. The molecular formula is C29H33ClF4N6. The fraction of sp³-hybridized carbons (Fsp3) is 0.483. The highest BCUT2D eigenvalue weighted by molar-refractivity contribution is 6.31. The van der Waals surface area contributed by atoms with Crippen LogP contribution in [0.5, 0.6) is 0 Å². The van der Waals surface area contributed by atoms with Crippen molar-refractivity contribution in [2.45, 2.75) is 39.8 Å². The summed E-state index contributed by atoms with van der Waals surface area (Å²) >= 11 is 6.10. The van der Waals surface area contributed by atoms with Gasteiger partial charge in [-0.05, 0) is 54.5 Å². The molecule has 2 aromatic heterocycles. The van der Waals surface area contributed by atoms with Gasteiger partial charge in [0, 0.05) is 57.1 Å². The van der Waals surface area contributed by atoms with Crippen LogP contribution in [-0.4, -0.2) is 54.2 Å². The highest BCUT2D eigenvalue weighted by Gasteiger charge is 2.36. The van der Waals surface area contributed by atoms with Crippen molar-refractivity contribution in [2.75, 3.05) is 54.0 Å². The van der Waals surface area contributed by atoms with Crippen LogP contribution < -0.4 is 14.7 Å². The number of alkyl halides is 3. The Labute approximate surface area is 237 Å². The summed E-state index contributed by atoms with van der Waals surface area (Å²) in [5, 5.41) is 0.00777. The highest BCUT2D eigenvalue weighted by atomic mass is 35.5. The fourth-order valence-corrected chi connectivity index (χ4v) is 5.98. The zero-order valence-corrected chi connectivity index (χ0v) is 23.6. The molecule has 2 saturated heterocycles. The first-order valence-electron chi connectivity index (χ1n) is 13.5. The van der Waals surface area contributed by atoms with Crippen LogP contribution in [0.1, 0.15) is 39.2 Å². The van der Waals surface area contributed by atoms with Gasteiger partial charge in [-0.2, -0.15) is 18.2 Å². The highest BCUT2D eigenvalue weighted by Crippen LogP contribution is 2.37. The molecule has 0 bridgehead atoms. The monoisotopic (exact) mass is 576 g/mol. The van der Waals surface area contributed by atoms with Crippen LogP contribution in [0.2, 0.25) is 5.02 Å². The topological polar surface area (TPSA) is 48.4 Å². The molecule has 0 amide bonds. The number of hydrogen-bond donors (Lipinski definition) is 0. The van der Waals surface area contributed by atoms with Gasteiger partial charge in [-0.1, -0.05) is 32.4 Å². The summed E-state index contributed by atoms with van der Waals surface area (Å²) in [7, 11) is 0. The molecule has 2 fully saturated rings. The number of rotatable bonds is 4. The molecule has 40 heavy (non-hydrogen) atoms. The summed E-state index contributed by atoms with van der Waals surface area (Å²) in [6.07, 6.45) is -0.985. The number of benzene rings is 1. The van der Waals surface area contributed by atoms with Crippen LogP contribution in [0.3, 0.4) is 0 Å². The maximum absolute atomic E-state index is 13.9. The van der Waals surface area contributed by atoms with Crippen LogP contribution in [0, 0.1) is 17.2 Å². The molecule has 0 N–H and O–H groups in total. The summed E-state index contributed by atoms with van der Waals surface area (Å²) in [5.41, 5.74) is 0.615. The Hall–Kier alpha value is -3.14. The lowest BCUT2D eigenvalue weighted by Crippen LogP contribution is -2.47. The van der Waals surface area contributed by atoms with Gasteiger partial charge in [0.05, 0.1) is 16.3 Å². The summed E-state index contributed by atoms with van der Waals surface area (Å²) < 4.78 is 54.7. The molecule has 3 aromatic rings. The maximum Gasteiger partial charge on any atom is 0.419 e. The molecule has 0 spiro atoms. The lowest BCUT2D eigenvalue weighted by atomic mass is 9.83. The minimum Gasteiger partial charge on any atom is -0.353 e. The lowest BCUT2D eigenvalue weighted by Gasteiger charge is -2.37. The molecular weight excluding hydrogens is 544 g/mol. The molecule has 6 nitrogen and oxygen atoms in total. The quantitative estimate of drug-likeness (QED) is 0.314. The number of piperazine rings is 1. The lowest BCUT2D eigenvalue weighted by molar-refractivity contribution is -0.137. The summed E-state index contributed by atoms with van der Waals surface area (Å²) in [5.74, 6) is 1.27. The molecule has 5 rings (SSSR count). The molecule has 2 aliphatic rings. The van der Waals surface area contributed by atoms with E-state index in [0.29, 0.717) is 55.1 Å². The first kappa shape index (κ1) is 28.4. The second-order valence-corrected chi connectivity index (χ2v) is 12.0. The Morgan fingerprint density at radius 1 is 0.950 bits per heavy atom. The molecule has 0 saturated carbocycles. The normalized spacial score (nSPS) is 20.0. The van der Waals surface area contributed by atoms with Crippen molar-refractivity contribution in [1.82, 2.24) is 15.0 Å². The summed E-state index contributed by atoms with van der Waals surface area (Å²) in [6.45, 7) is 9.98. The van der Waals surface area contributed by atoms with E-state index in [9.17, 15) is 17.6 Å². The molecule has 0 aliphatic carbocycles. The van der Waals surface area contributed by atoms with Crippen molar-refractivity contribution in [2.24, 2.45) is 11.3 Å². The Bertz CT molecular complexity index is 1360. The van der Waals surface area contributed by atoms with Gasteiger partial charge in [0.2, 0.25) is 5.95 Å². The molecule has 1 atom stereocenters. The largest absolute Gasteiger partial charge is 0.419 e. The second kappa shape index (κ2) is 11.0. The molecule has 11 heteroatoms. The molecule has 1 unspecified atom stereocenters. The zero-order valence-electron chi connectivity index (χ0n) is 22.8. The van der Waals surface area contributed by atoms with Crippen molar-refractivity contribution in [3.8, 4) is 11.3 Å². The number of halogens is 5. The predicted molar refractivity (Wildman–Crippen MR) is 150 cm³/mol. The Morgan fingerprint density at radius 3 is 2.38 bits per heavy atom. The SMILES string of the molecule is CC1CCN(c2nc(-c3ccc(F)c(Cl)c3)cc(N3CCN(c4ncccc4C(F)(F)F)CC3)n2)CC(C)(C)C1. The average molecular weight is 577 g/mol. The minimum atomic E-state index is -4.48. The van der Waals surface area contributed by atoms with Gasteiger partial charge in [-0.15, -0.1) is 0 Å². The number of hydrogen-bond acceptors (Lipinski definition) is 6. The van der Waals surface area contributed by atoms with E-state index >= 15 is 0 Å². The van der Waals surface area contributed by atoms with Gasteiger partial charge in [0.1, 0.15) is 17.5 Å². The number of nitrogens with zero attached hydrogens (tertiary/aromatic N) is 6. The maximum atomic E-state index is 13.9. The van der Waals surface area contributed by atoms with Crippen molar-refractivity contribution in [3.05, 3.63) is 59.0 Å². The number of aromatic nitrogens is 3. The van der Waals surface area contributed by atoms with Gasteiger partial charge in [-0.3, -0.25) is 0 Å². The Kier molecular flexibility index (Phi) is 7.83. The van der Waals surface area contributed by atoms with E-state index in [4.69, 9.17) is 21.6 Å². The van der Waals surface area contributed by atoms with Gasteiger partial charge in [0.25, 0.3) is 0 Å². The first-order valence-corrected chi connectivity index (χ1v) is 13.9. The summed E-state index contributed by atoms with van der Waals surface area (Å²) in [4.78, 5) is 19.8.